The second-order valence-corrected chi connectivity index (χ2v) is 7.42. The van der Waals surface area contributed by atoms with E-state index >= 15 is 0 Å². The van der Waals surface area contributed by atoms with E-state index in [2.05, 4.69) is 20.0 Å². The molecule has 1 N–H and O–H groups in total. The standard InChI is InChI=1S/C17H19N5O3S/c1-2-3-13-26(23,24)21-14-5-7-15(8-6-14)25-17-10-9-16(19-20-17)22-12-4-11-18-22/h4-12,21H,2-3,13H2,1H3. The molecule has 0 aliphatic heterocycles. The molecule has 0 aliphatic carbocycles. The summed E-state index contributed by atoms with van der Waals surface area (Å²) in [6.07, 6.45) is 4.88. The van der Waals surface area contributed by atoms with Crippen molar-refractivity contribution in [2.45, 2.75) is 19.8 Å². The van der Waals surface area contributed by atoms with Crippen LogP contribution in [-0.2, 0) is 10.0 Å². The van der Waals surface area contributed by atoms with Crippen LogP contribution in [0.15, 0.2) is 54.9 Å². The zero-order chi connectivity index (χ0) is 18.4. The Morgan fingerprint density at radius 1 is 1.12 bits per heavy atom. The Balaban J connectivity index is 1.62. The Labute approximate surface area is 151 Å². The first-order valence-corrected chi connectivity index (χ1v) is 9.83. The lowest BCUT2D eigenvalue weighted by atomic mass is 10.3. The van der Waals surface area contributed by atoms with Gasteiger partial charge in [-0.2, -0.15) is 5.10 Å². The Morgan fingerprint density at radius 3 is 2.54 bits per heavy atom. The third-order valence-corrected chi connectivity index (χ3v) is 4.85. The molecule has 0 unspecified atom stereocenters. The normalized spacial score (nSPS) is 11.3. The molecule has 0 spiro atoms. The summed E-state index contributed by atoms with van der Waals surface area (Å²) in [5.41, 5.74) is 0.494. The zero-order valence-electron chi connectivity index (χ0n) is 14.2. The van der Waals surface area contributed by atoms with Gasteiger partial charge >= 0.3 is 0 Å². The minimum Gasteiger partial charge on any atom is -0.438 e. The summed E-state index contributed by atoms with van der Waals surface area (Å²) in [5, 5.41) is 12.1. The Kier molecular flexibility index (Phi) is 5.47. The third-order valence-electron chi connectivity index (χ3n) is 3.48. The van der Waals surface area contributed by atoms with E-state index in [1.807, 2.05) is 6.92 Å². The van der Waals surface area contributed by atoms with Crippen molar-refractivity contribution in [3.8, 4) is 17.4 Å². The van der Waals surface area contributed by atoms with Crippen LogP contribution in [0.2, 0.25) is 0 Å². The first kappa shape index (κ1) is 17.9. The molecule has 0 aliphatic rings. The topological polar surface area (TPSA) is 99.0 Å². The maximum atomic E-state index is 11.9. The molecular weight excluding hydrogens is 354 g/mol. The number of hydrogen-bond acceptors (Lipinski definition) is 6. The average Bonchev–Trinajstić information content (AvgIpc) is 3.17. The van der Waals surface area contributed by atoms with E-state index in [4.69, 9.17) is 4.74 Å². The van der Waals surface area contributed by atoms with Gasteiger partial charge in [-0.3, -0.25) is 4.72 Å². The second kappa shape index (κ2) is 7.96. The van der Waals surface area contributed by atoms with E-state index in [1.54, 1.807) is 59.5 Å². The quantitative estimate of drug-likeness (QED) is 0.652. The lowest BCUT2D eigenvalue weighted by molar-refractivity contribution is 0.454. The number of aromatic nitrogens is 4. The van der Waals surface area contributed by atoms with Crippen molar-refractivity contribution < 1.29 is 13.2 Å². The van der Waals surface area contributed by atoms with E-state index in [1.165, 1.54) is 0 Å². The number of ether oxygens (including phenoxy) is 1. The highest BCUT2D eigenvalue weighted by molar-refractivity contribution is 7.92. The van der Waals surface area contributed by atoms with Crippen LogP contribution in [0.3, 0.4) is 0 Å². The SMILES string of the molecule is CCCCS(=O)(=O)Nc1ccc(Oc2ccc(-n3cccn3)nn2)cc1. The molecule has 2 aromatic heterocycles. The van der Waals surface area contributed by atoms with Gasteiger partial charge in [-0.15, -0.1) is 10.2 Å². The summed E-state index contributed by atoms with van der Waals surface area (Å²) in [6, 6.07) is 11.8. The van der Waals surface area contributed by atoms with Crippen LogP contribution in [0, 0.1) is 0 Å². The molecule has 3 rings (SSSR count). The Hall–Kier alpha value is -2.94. The van der Waals surface area contributed by atoms with Crippen molar-refractivity contribution >= 4 is 15.7 Å². The van der Waals surface area contributed by atoms with E-state index in [-0.39, 0.29) is 5.75 Å². The van der Waals surface area contributed by atoms with Crippen LogP contribution in [-0.4, -0.2) is 34.1 Å². The van der Waals surface area contributed by atoms with Crippen LogP contribution in [0.5, 0.6) is 11.6 Å². The minimum atomic E-state index is -3.32. The van der Waals surface area contributed by atoms with Gasteiger partial charge < -0.3 is 4.74 Å². The van der Waals surface area contributed by atoms with E-state index in [0.717, 1.165) is 6.42 Å². The van der Waals surface area contributed by atoms with Gasteiger partial charge in [0.25, 0.3) is 0 Å². The summed E-state index contributed by atoms with van der Waals surface area (Å²) >= 11 is 0. The molecule has 0 amide bonds. The number of anilines is 1. The van der Waals surface area contributed by atoms with Crippen LogP contribution >= 0.6 is 0 Å². The number of benzene rings is 1. The molecule has 0 atom stereocenters. The fourth-order valence-electron chi connectivity index (χ4n) is 2.17. The zero-order valence-corrected chi connectivity index (χ0v) is 15.1. The molecule has 0 radical (unpaired) electrons. The highest BCUT2D eigenvalue weighted by Crippen LogP contribution is 2.22. The van der Waals surface area contributed by atoms with Gasteiger partial charge in [0.1, 0.15) is 5.75 Å². The summed E-state index contributed by atoms with van der Waals surface area (Å²) in [7, 11) is -3.32. The van der Waals surface area contributed by atoms with Crippen molar-refractivity contribution in [3.05, 3.63) is 54.9 Å². The Bertz CT molecular complexity index is 924. The van der Waals surface area contributed by atoms with Crippen LogP contribution in [0.25, 0.3) is 5.82 Å². The van der Waals surface area contributed by atoms with Gasteiger partial charge in [-0.25, -0.2) is 13.1 Å². The van der Waals surface area contributed by atoms with Crippen molar-refractivity contribution in [2.75, 3.05) is 10.5 Å². The summed E-state index contributed by atoms with van der Waals surface area (Å²) < 4.78 is 33.6. The van der Waals surface area contributed by atoms with Gasteiger partial charge in [0, 0.05) is 24.1 Å². The summed E-state index contributed by atoms with van der Waals surface area (Å²) in [4.78, 5) is 0. The Morgan fingerprint density at radius 2 is 1.92 bits per heavy atom. The molecule has 0 fully saturated rings. The molecule has 1 aromatic carbocycles. The highest BCUT2D eigenvalue weighted by Gasteiger charge is 2.09. The molecule has 8 nitrogen and oxygen atoms in total. The van der Waals surface area contributed by atoms with E-state index in [0.29, 0.717) is 29.6 Å². The highest BCUT2D eigenvalue weighted by atomic mass is 32.2. The van der Waals surface area contributed by atoms with E-state index in [9.17, 15) is 8.42 Å². The number of nitrogens with zero attached hydrogens (tertiary/aromatic N) is 4. The predicted octanol–water partition coefficient (Wildman–Crippen LogP) is 3.00. The van der Waals surface area contributed by atoms with Gasteiger partial charge in [-0.05, 0) is 42.8 Å². The predicted molar refractivity (Wildman–Crippen MR) is 98.0 cm³/mol. The van der Waals surface area contributed by atoms with Gasteiger partial charge in [0.15, 0.2) is 5.82 Å². The first-order valence-electron chi connectivity index (χ1n) is 8.18. The number of hydrogen-bond donors (Lipinski definition) is 1. The average molecular weight is 373 g/mol. The maximum absolute atomic E-state index is 11.9. The first-order chi connectivity index (χ1) is 12.6. The number of sulfonamides is 1. The van der Waals surface area contributed by atoms with E-state index < -0.39 is 10.0 Å². The van der Waals surface area contributed by atoms with Crippen LogP contribution in [0.1, 0.15) is 19.8 Å². The van der Waals surface area contributed by atoms with Gasteiger partial charge in [0.2, 0.25) is 15.9 Å². The third kappa shape index (κ3) is 4.79. The number of unbranched alkanes of at least 4 members (excludes halogenated alkanes) is 1. The molecule has 0 saturated heterocycles. The fraction of sp³-hybridized carbons (Fsp3) is 0.235. The molecular formula is C17H19N5O3S. The molecule has 9 heteroatoms. The number of nitrogens with one attached hydrogen (secondary N) is 1. The monoisotopic (exact) mass is 373 g/mol. The van der Waals surface area contributed by atoms with Gasteiger partial charge in [-0.1, -0.05) is 13.3 Å². The molecule has 26 heavy (non-hydrogen) atoms. The van der Waals surface area contributed by atoms with Crippen LogP contribution in [0.4, 0.5) is 5.69 Å². The molecule has 136 valence electrons. The maximum Gasteiger partial charge on any atom is 0.238 e. The van der Waals surface area contributed by atoms with Gasteiger partial charge in [0.05, 0.1) is 5.75 Å². The summed E-state index contributed by atoms with van der Waals surface area (Å²) in [5.74, 6) is 1.55. The summed E-state index contributed by atoms with van der Waals surface area (Å²) in [6.45, 7) is 1.95. The molecule has 0 bridgehead atoms. The fourth-order valence-corrected chi connectivity index (χ4v) is 3.44. The van der Waals surface area contributed by atoms with Crippen molar-refractivity contribution in [1.29, 1.82) is 0 Å². The smallest absolute Gasteiger partial charge is 0.238 e. The van der Waals surface area contributed by atoms with Crippen LogP contribution < -0.4 is 9.46 Å². The molecule has 0 saturated carbocycles. The molecule has 3 aromatic rings. The molecule has 2 heterocycles. The van der Waals surface area contributed by atoms with Crippen molar-refractivity contribution in [2.24, 2.45) is 0 Å². The largest absolute Gasteiger partial charge is 0.438 e. The minimum absolute atomic E-state index is 0.111. The lowest BCUT2D eigenvalue weighted by Gasteiger charge is -2.09. The van der Waals surface area contributed by atoms with Crippen molar-refractivity contribution in [1.82, 2.24) is 20.0 Å². The van der Waals surface area contributed by atoms with Crippen molar-refractivity contribution in [3.63, 3.8) is 0 Å². The second-order valence-electron chi connectivity index (χ2n) is 5.58. The number of rotatable bonds is 8. The lowest BCUT2D eigenvalue weighted by Crippen LogP contribution is -2.16.